The first kappa shape index (κ1) is 13.6. The normalized spacial score (nSPS) is 10.3. The van der Waals surface area contributed by atoms with Crippen molar-refractivity contribution in [2.75, 3.05) is 7.05 Å². The van der Waals surface area contributed by atoms with Crippen molar-refractivity contribution in [2.24, 2.45) is 0 Å². The Bertz CT molecular complexity index is 300. The number of benzene rings is 1. The second-order valence-electron chi connectivity index (χ2n) is 2.91. The molecule has 0 saturated carbocycles. The van der Waals surface area contributed by atoms with Gasteiger partial charge in [0.1, 0.15) is 5.75 Å². The van der Waals surface area contributed by atoms with Gasteiger partial charge in [-0.3, -0.25) is 5.32 Å². The van der Waals surface area contributed by atoms with Gasteiger partial charge in [0.05, 0.1) is 0 Å². The zero-order valence-electron chi connectivity index (χ0n) is 8.77. The van der Waals surface area contributed by atoms with E-state index in [1.54, 1.807) is 12.1 Å². The van der Waals surface area contributed by atoms with Crippen LogP contribution in [0.1, 0.15) is 5.56 Å². The molecule has 0 aliphatic heterocycles. The van der Waals surface area contributed by atoms with Gasteiger partial charge in [0.25, 0.3) is 0 Å². The maximum atomic E-state index is 9.23. The van der Waals surface area contributed by atoms with Gasteiger partial charge >= 0.3 is 0 Å². The SMILES string of the molecule is C=C.CNC(O)(O)Cc1cccc(O)c1. The van der Waals surface area contributed by atoms with Gasteiger partial charge in [-0.15, -0.1) is 13.2 Å². The van der Waals surface area contributed by atoms with Gasteiger partial charge in [-0.1, -0.05) is 12.1 Å². The number of hydrogen-bond acceptors (Lipinski definition) is 4. The standard InChI is InChI=1S/C9H13NO3.C2H4/c1-10-9(12,13)6-7-3-2-4-8(11)5-7;1-2/h2-5,10-13H,6H2,1H3;1-2H2. The predicted molar refractivity (Wildman–Crippen MR) is 59.3 cm³/mol. The van der Waals surface area contributed by atoms with Crippen LogP contribution in [-0.2, 0) is 6.42 Å². The Morgan fingerprint density at radius 1 is 1.33 bits per heavy atom. The molecule has 0 aliphatic carbocycles. The molecule has 0 spiro atoms. The molecule has 0 atom stereocenters. The number of hydrogen-bond donors (Lipinski definition) is 4. The summed E-state index contributed by atoms with van der Waals surface area (Å²) in [6.07, 6.45) is 0.0257. The van der Waals surface area contributed by atoms with E-state index in [9.17, 15) is 10.2 Å². The van der Waals surface area contributed by atoms with Crippen LogP contribution in [0.2, 0.25) is 0 Å². The molecule has 4 N–H and O–H groups in total. The molecule has 0 bridgehead atoms. The summed E-state index contributed by atoms with van der Waals surface area (Å²) < 4.78 is 0. The van der Waals surface area contributed by atoms with E-state index in [4.69, 9.17) is 5.11 Å². The fraction of sp³-hybridized carbons (Fsp3) is 0.273. The van der Waals surface area contributed by atoms with Crippen molar-refractivity contribution in [3.63, 3.8) is 0 Å². The molecule has 15 heavy (non-hydrogen) atoms. The van der Waals surface area contributed by atoms with Crippen molar-refractivity contribution in [1.82, 2.24) is 5.32 Å². The molecule has 1 rings (SSSR count). The quantitative estimate of drug-likeness (QED) is 0.436. The zero-order chi connectivity index (χ0) is 11.9. The molecular formula is C11H17NO3. The van der Waals surface area contributed by atoms with E-state index in [0.29, 0.717) is 5.56 Å². The first-order valence-corrected chi connectivity index (χ1v) is 4.45. The van der Waals surface area contributed by atoms with Crippen molar-refractivity contribution in [3.05, 3.63) is 43.0 Å². The number of aromatic hydroxyl groups is 1. The van der Waals surface area contributed by atoms with Gasteiger partial charge in [0.2, 0.25) is 5.91 Å². The Morgan fingerprint density at radius 2 is 1.93 bits per heavy atom. The molecule has 1 aromatic carbocycles. The summed E-state index contributed by atoms with van der Waals surface area (Å²) in [6, 6.07) is 6.37. The molecule has 0 aromatic heterocycles. The van der Waals surface area contributed by atoms with Crippen molar-refractivity contribution < 1.29 is 15.3 Å². The molecule has 0 saturated heterocycles. The largest absolute Gasteiger partial charge is 0.508 e. The zero-order valence-corrected chi connectivity index (χ0v) is 8.77. The summed E-state index contributed by atoms with van der Waals surface area (Å²) in [5.41, 5.74) is 0.652. The van der Waals surface area contributed by atoms with Crippen LogP contribution in [0.4, 0.5) is 0 Å². The second kappa shape index (κ2) is 6.19. The van der Waals surface area contributed by atoms with Crippen molar-refractivity contribution in [2.45, 2.75) is 12.3 Å². The highest BCUT2D eigenvalue weighted by Crippen LogP contribution is 2.14. The fourth-order valence-electron chi connectivity index (χ4n) is 1.04. The number of rotatable bonds is 3. The summed E-state index contributed by atoms with van der Waals surface area (Å²) in [7, 11) is 1.45. The van der Waals surface area contributed by atoms with Crippen LogP contribution in [-0.4, -0.2) is 28.3 Å². The second-order valence-corrected chi connectivity index (χ2v) is 2.91. The minimum Gasteiger partial charge on any atom is -0.508 e. The van der Waals surface area contributed by atoms with E-state index in [-0.39, 0.29) is 12.2 Å². The highest BCUT2D eigenvalue weighted by molar-refractivity contribution is 5.27. The molecule has 0 unspecified atom stereocenters. The van der Waals surface area contributed by atoms with E-state index in [2.05, 4.69) is 18.5 Å². The Balaban J connectivity index is 0.000000921. The molecule has 0 aliphatic rings. The topological polar surface area (TPSA) is 72.7 Å². The van der Waals surface area contributed by atoms with Crippen LogP contribution < -0.4 is 5.32 Å². The maximum Gasteiger partial charge on any atom is 0.226 e. The maximum absolute atomic E-state index is 9.23. The van der Waals surface area contributed by atoms with Gasteiger partial charge < -0.3 is 15.3 Å². The first-order valence-electron chi connectivity index (χ1n) is 4.45. The molecular weight excluding hydrogens is 194 g/mol. The van der Waals surface area contributed by atoms with Crippen LogP contribution in [0, 0.1) is 0 Å². The van der Waals surface area contributed by atoms with Gasteiger partial charge in [0, 0.05) is 6.42 Å². The Labute approximate surface area is 89.5 Å². The first-order chi connectivity index (χ1) is 7.03. The van der Waals surface area contributed by atoms with Gasteiger partial charge in [0.15, 0.2) is 0 Å². The highest BCUT2D eigenvalue weighted by atomic mass is 16.5. The van der Waals surface area contributed by atoms with Crippen LogP contribution in [0.25, 0.3) is 0 Å². The lowest BCUT2D eigenvalue weighted by atomic mass is 10.1. The predicted octanol–water partition coefficient (Wildman–Crippen LogP) is 0.595. The van der Waals surface area contributed by atoms with Gasteiger partial charge in [-0.2, -0.15) is 0 Å². The third kappa shape index (κ3) is 5.17. The van der Waals surface area contributed by atoms with Crippen LogP contribution in [0.5, 0.6) is 5.75 Å². The fourth-order valence-corrected chi connectivity index (χ4v) is 1.04. The number of phenols is 1. The van der Waals surface area contributed by atoms with Gasteiger partial charge in [-0.25, -0.2) is 0 Å². The number of nitrogens with one attached hydrogen (secondary N) is 1. The molecule has 4 nitrogen and oxygen atoms in total. The third-order valence-electron chi connectivity index (χ3n) is 1.76. The van der Waals surface area contributed by atoms with E-state index in [0.717, 1.165) is 0 Å². The summed E-state index contributed by atoms with van der Waals surface area (Å²) in [5, 5.41) is 29.9. The molecule has 1 aromatic rings. The average molecular weight is 211 g/mol. The van der Waals surface area contributed by atoms with Crippen molar-refractivity contribution >= 4 is 0 Å². The highest BCUT2D eigenvalue weighted by Gasteiger charge is 2.20. The molecule has 84 valence electrons. The summed E-state index contributed by atoms with van der Waals surface area (Å²) in [6.45, 7) is 6.00. The minimum absolute atomic E-state index is 0.0257. The van der Waals surface area contributed by atoms with Crippen LogP contribution in [0.15, 0.2) is 37.4 Å². The molecule has 0 radical (unpaired) electrons. The lowest BCUT2D eigenvalue weighted by Gasteiger charge is -2.20. The van der Waals surface area contributed by atoms with E-state index >= 15 is 0 Å². The summed E-state index contributed by atoms with van der Waals surface area (Å²) in [5.74, 6) is -1.81. The number of phenolic OH excluding ortho intramolecular Hbond substituents is 1. The smallest absolute Gasteiger partial charge is 0.226 e. The van der Waals surface area contributed by atoms with Crippen LogP contribution in [0.3, 0.4) is 0 Å². The molecule has 0 heterocycles. The van der Waals surface area contributed by atoms with E-state index in [1.807, 2.05) is 0 Å². The van der Waals surface area contributed by atoms with Gasteiger partial charge in [-0.05, 0) is 24.7 Å². The number of aliphatic hydroxyl groups is 2. The summed E-state index contributed by atoms with van der Waals surface area (Å²) >= 11 is 0. The lowest BCUT2D eigenvalue weighted by molar-refractivity contribution is -0.179. The lowest BCUT2D eigenvalue weighted by Crippen LogP contribution is -2.44. The van der Waals surface area contributed by atoms with Crippen molar-refractivity contribution in [1.29, 1.82) is 0 Å². The van der Waals surface area contributed by atoms with Crippen LogP contribution >= 0.6 is 0 Å². The van der Waals surface area contributed by atoms with E-state index in [1.165, 1.54) is 19.2 Å². The van der Waals surface area contributed by atoms with Crippen molar-refractivity contribution in [3.8, 4) is 5.75 Å². The Kier molecular flexibility index (Phi) is 5.62. The Morgan fingerprint density at radius 3 is 2.40 bits per heavy atom. The monoisotopic (exact) mass is 211 g/mol. The Hall–Kier alpha value is -1.36. The molecule has 4 heteroatoms. The molecule has 0 amide bonds. The third-order valence-corrected chi connectivity index (χ3v) is 1.76. The molecule has 0 fully saturated rings. The minimum atomic E-state index is -1.92. The number of likely N-dealkylation sites (N-methyl/N-ethyl adjacent to an activating group) is 1. The average Bonchev–Trinajstić information content (AvgIpc) is 2.20. The summed E-state index contributed by atoms with van der Waals surface area (Å²) in [4.78, 5) is 0. The van der Waals surface area contributed by atoms with E-state index < -0.39 is 5.91 Å².